The van der Waals surface area contributed by atoms with Gasteiger partial charge in [-0.1, -0.05) is 17.7 Å². The average Bonchev–Trinajstić information content (AvgIpc) is 2.77. The third-order valence-corrected chi connectivity index (χ3v) is 4.22. The minimum atomic E-state index is 0.264. The van der Waals surface area contributed by atoms with Crippen molar-refractivity contribution in [2.24, 2.45) is 0 Å². The first kappa shape index (κ1) is 14.6. The van der Waals surface area contributed by atoms with Crippen LogP contribution in [0.1, 0.15) is 16.7 Å². The van der Waals surface area contributed by atoms with Crippen LogP contribution >= 0.6 is 23.1 Å². The standard InChI is InChI=1S/C14H15ClN4S/c1-9-6-11(19(2)3)5-4-10(9)8-17-14-12(7-16)13(15)18-20-14/h4-6,17H,8H2,1-3H3. The van der Waals surface area contributed by atoms with E-state index >= 15 is 0 Å². The van der Waals surface area contributed by atoms with Gasteiger partial charge in [0.1, 0.15) is 16.6 Å². The number of halogens is 1. The van der Waals surface area contributed by atoms with Crippen LogP contribution in [0.25, 0.3) is 0 Å². The molecule has 0 aliphatic carbocycles. The molecule has 1 heterocycles. The van der Waals surface area contributed by atoms with Crippen molar-refractivity contribution in [3.63, 3.8) is 0 Å². The van der Waals surface area contributed by atoms with Gasteiger partial charge in [-0.3, -0.25) is 0 Å². The van der Waals surface area contributed by atoms with Crippen LogP contribution in [-0.2, 0) is 6.54 Å². The van der Waals surface area contributed by atoms with E-state index in [0.29, 0.717) is 17.1 Å². The van der Waals surface area contributed by atoms with Crippen molar-refractivity contribution in [2.75, 3.05) is 24.3 Å². The molecule has 2 rings (SSSR count). The molecule has 104 valence electrons. The van der Waals surface area contributed by atoms with Gasteiger partial charge in [0, 0.05) is 26.3 Å². The summed E-state index contributed by atoms with van der Waals surface area (Å²) in [5, 5.41) is 13.2. The van der Waals surface area contributed by atoms with Gasteiger partial charge in [0.15, 0.2) is 5.15 Å². The molecule has 1 N–H and O–H groups in total. The first-order chi connectivity index (χ1) is 9.52. The molecule has 0 aliphatic heterocycles. The summed E-state index contributed by atoms with van der Waals surface area (Å²) in [5.41, 5.74) is 3.98. The first-order valence-electron chi connectivity index (χ1n) is 6.09. The van der Waals surface area contributed by atoms with Gasteiger partial charge in [-0.05, 0) is 41.7 Å². The molecule has 0 fully saturated rings. The number of aryl methyl sites for hydroxylation is 1. The van der Waals surface area contributed by atoms with Crippen molar-refractivity contribution in [1.82, 2.24) is 4.37 Å². The van der Waals surface area contributed by atoms with Crippen molar-refractivity contribution in [3.8, 4) is 6.07 Å². The second kappa shape index (κ2) is 6.12. The second-order valence-corrected chi connectivity index (χ2v) is 5.78. The molecular weight excluding hydrogens is 292 g/mol. The summed E-state index contributed by atoms with van der Waals surface area (Å²) in [6.45, 7) is 2.72. The highest BCUT2D eigenvalue weighted by Gasteiger charge is 2.11. The van der Waals surface area contributed by atoms with Crippen molar-refractivity contribution in [1.29, 1.82) is 5.26 Å². The molecule has 0 amide bonds. The molecule has 1 aromatic carbocycles. The Morgan fingerprint density at radius 3 is 2.80 bits per heavy atom. The number of aromatic nitrogens is 1. The number of hydrogen-bond donors (Lipinski definition) is 1. The zero-order chi connectivity index (χ0) is 14.7. The van der Waals surface area contributed by atoms with E-state index in [0.717, 1.165) is 0 Å². The summed E-state index contributed by atoms with van der Waals surface area (Å²) in [6, 6.07) is 8.37. The van der Waals surface area contributed by atoms with E-state index in [2.05, 4.69) is 45.8 Å². The molecule has 0 atom stereocenters. The van der Waals surface area contributed by atoms with Crippen LogP contribution in [0.2, 0.25) is 5.15 Å². The van der Waals surface area contributed by atoms with Crippen molar-refractivity contribution >= 4 is 33.8 Å². The molecular formula is C14H15ClN4S. The SMILES string of the molecule is Cc1cc(N(C)C)ccc1CNc1snc(Cl)c1C#N. The molecule has 1 aromatic heterocycles. The number of nitriles is 1. The fourth-order valence-corrected chi connectivity index (χ4v) is 2.75. The van der Waals surface area contributed by atoms with Crippen LogP contribution in [0.4, 0.5) is 10.7 Å². The Balaban J connectivity index is 2.13. The summed E-state index contributed by atoms with van der Waals surface area (Å²) in [6.07, 6.45) is 0. The molecule has 0 aliphatic rings. The monoisotopic (exact) mass is 306 g/mol. The zero-order valence-electron chi connectivity index (χ0n) is 11.6. The van der Waals surface area contributed by atoms with Crippen molar-refractivity contribution < 1.29 is 0 Å². The Bertz CT molecular complexity index is 658. The van der Waals surface area contributed by atoms with E-state index in [1.807, 2.05) is 14.1 Å². The summed E-state index contributed by atoms with van der Waals surface area (Å²) in [4.78, 5) is 2.07. The summed E-state index contributed by atoms with van der Waals surface area (Å²) < 4.78 is 3.97. The van der Waals surface area contributed by atoms with Gasteiger partial charge in [-0.15, -0.1) is 0 Å². The lowest BCUT2D eigenvalue weighted by molar-refractivity contribution is 1.09. The van der Waals surface area contributed by atoms with Gasteiger partial charge >= 0.3 is 0 Å². The van der Waals surface area contributed by atoms with Crippen LogP contribution in [0.15, 0.2) is 18.2 Å². The van der Waals surface area contributed by atoms with E-state index in [1.54, 1.807) is 0 Å². The Labute approximate surface area is 127 Å². The Kier molecular flexibility index (Phi) is 4.48. The van der Waals surface area contributed by atoms with Gasteiger partial charge in [-0.2, -0.15) is 9.64 Å². The lowest BCUT2D eigenvalue weighted by Gasteiger charge is -2.15. The topological polar surface area (TPSA) is 52.0 Å². The Morgan fingerprint density at radius 2 is 2.20 bits per heavy atom. The highest BCUT2D eigenvalue weighted by atomic mass is 35.5. The second-order valence-electron chi connectivity index (χ2n) is 4.65. The molecule has 0 bridgehead atoms. The molecule has 0 saturated heterocycles. The number of anilines is 2. The number of rotatable bonds is 4. The van der Waals surface area contributed by atoms with Gasteiger partial charge < -0.3 is 10.2 Å². The first-order valence-corrected chi connectivity index (χ1v) is 7.24. The Hall–Kier alpha value is -1.77. The molecule has 20 heavy (non-hydrogen) atoms. The number of hydrogen-bond acceptors (Lipinski definition) is 5. The van der Waals surface area contributed by atoms with Crippen LogP contribution in [0.3, 0.4) is 0 Å². The third-order valence-electron chi connectivity index (χ3n) is 3.04. The summed E-state index contributed by atoms with van der Waals surface area (Å²) >= 11 is 7.06. The van der Waals surface area contributed by atoms with Crippen LogP contribution in [0.5, 0.6) is 0 Å². The smallest absolute Gasteiger partial charge is 0.162 e. The Morgan fingerprint density at radius 1 is 1.45 bits per heavy atom. The van der Waals surface area contributed by atoms with Gasteiger partial charge in [0.05, 0.1) is 0 Å². The van der Waals surface area contributed by atoms with Gasteiger partial charge in [0.25, 0.3) is 0 Å². The maximum atomic E-state index is 9.02. The molecule has 0 spiro atoms. The average molecular weight is 307 g/mol. The zero-order valence-corrected chi connectivity index (χ0v) is 13.1. The minimum absolute atomic E-state index is 0.264. The van der Waals surface area contributed by atoms with Crippen molar-refractivity contribution in [3.05, 3.63) is 40.0 Å². The molecule has 0 saturated carbocycles. The van der Waals surface area contributed by atoms with E-state index < -0.39 is 0 Å². The highest BCUT2D eigenvalue weighted by Crippen LogP contribution is 2.28. The summed E-state index contributed by atoms with van der Waals surface area (Å²) in [7, 11) is 4.04. The van der Waals surface area contributed by atoms with Gasteiger partial charge in [-0.25, -0.2) is 0 Å². The van der Waals surface area contributed by atoms with Crippen LogP contribution in [0, 0.1) is 18.3 Å². The van der Waals surface area contributed by atoms with E-state index in [9.17, 15) is 0 Å². The molecule has 2 aromatic rings. The number of nitrogens with zero attached hydrogens (tertiary/aromatic N) is 3. The fourth-order valence-electron chi connectivity index (χ4n) is 1.82. The van der Waals surface area contributed by atoms with E-state index in [-0.39, 0.29) is 5.15 Å². The largest absolute Gasteiger partial charge is 0.378 e. The quantitative estimate of drug-likeness (QED) is 0.936. The van der Waals surface area contributed by atoms with Crippen molar-refractivity contribution in [2.45, 2.75) is 13.5 Å². The predicted molar refractivity (Wildman–Crippen MR) is 84.7 cm³/mol. The minimum Gasteiger partial charge on any atom is -0.378 e. The maximum Gasteiger partial charge on any atom is 0.162 e. The van der Waals surface area contributed by atoms with E-state index in [4.69, 9.17) is 16.9 Å². The normalized spacial score (nSPS) is 10.2. The maximum absolute atomic E-state index is 9.02. The van der Waals surface area contributed by atoms with Crippen LogP contribution < -0.4 is 10.2 Å². The van der Waals surface area contributed by atoms with Gasteiger partial charge in [0.2, 0.25) is 0 Å². The predicted octanol–water partition coefficient (Wildman–Crippen LogP) is 3.65. The lowest BCUT2D eigenvalue weighted by atomic mass is 10.1. The van der Waals surface area contributed by atoms with E-state index in [1.165, 1.54) is 28.3 Å². The summed E-state index contributed by atoms with van der Waals surface area (Å²) in [5.74, 6) is 0. The number of nitrogens with one attached hydrogen (secondary N) is 1. The fraction of sp³-hybridized carbons (Fsp3) is 0.286. The highest BCUT2D eigenvalue weighted by molar-refractivity contribution is 7.10. The molecule has 0 radical (unpaired) electrons. The van der Waals surface area contributed by atoms with Crippen LogP contribution in [-0.4, -0.2) is 18.5 Å². The molecule has 4 nitrogen and oxygen atoms in total. The molecule has 0 unspecified atom stereocenters. The lowest BCUT2D eigenvalue weighted by Crippen LogP contribution is -2.09. The number of benzene rings is 1. The third kappa shape index (κ3) is 3.03. The molecule has 6 heteroatoms.